The Hall–Kier alpha value is -2.66. The van der Waals surface area contributed by atoms with Crippen LogP contribution in [-0.2, 0) is 9.59 Å². The average Bonchev–Trinajstić information content (AvgIpc) is 2.95. The number of nitrogens with one attached hydrogen (secondary N) is 1. The zero-order chi connectivity index (χ0) is 21.8. The number of thiocarbonyl (C=S) groups is 1. The summed E-state index contributed by atoms with van der Waals surface area (Å²) in [6, 6.07) is 10.3. The predicted octanol–water partition coefficient (Wildman–Crippen LogP) is 4.21. The number of nitro groups is 1. The molecular formula is C18H11Cl2N3O5S2. The summed E-state index contributed by atoms with van der Waals surface area (Å²) in [7, 11) is 0. The molecule has 3 rings (SSSR count). The van der Waals surface area contributed by atoms with E-state index < -0.39 is 23.3 Å². The van der Waals surface area contributed by atoms with E-state index in [1.807, 2.05) is 0 Å². The number of carbonyl (C=O) groups is 2. The van der Waals surface area contributed by atoms with Gasteiger partial charge >= 0.3 is 0 Å². The Morgan fingerprint density at radius 1 is 1.30 bits per heavy atom. The maximum atomic E-state index is 12.6. The summed E-state index contributed by atoms with van der Waals surface area (Å²) in [6.45, 7) is -0.414. The number of carbonyl (C=O) groups excluding carboxylic acids is 2. The Morgan fingerprint density at radius 3 is 2.77 bits per heavy atom. The van der Waals surface area contributed by atoms with Crippen LogP contribution >= 0.6 is 47.2 Å². The molecule has 1 heterocycles. The van der Waals surface area contributed by atoms with Gasteiger partial charge in [0.1, 0.15) is 5.75 Å². The Labute approximate surface area is 189 Å². The summed E-state index contributed by atoms with van der Waals surface area (Å²) in [5.41, 5.74) is 2.71. The van der Waals surface area contributed by atoms with E-state index in [0.29, 0.717) is 10.6 Å². The van der Waals surface area contributed by atoms with Gasteiger partial charge in [-0.15, -0.1) is 0 Å². The van der Waals surface area contributed by atoms with Crippen molar-refractivity contribution in [2.75, 3.05) is 6.61 Å². The molecule has 2 aromatic carbocycles. The third-order valence-electron chi connectivity index (χ3n) is 3.66. The molecule has 1 fully saturated rings. The van der Waals surface area contributed by atoms with Crippen LogP contribution in [0.25, 0.3) is 6.08 Å². The monoisotopic (exact) mass is 483 g/mol. The van der Waals surface area contributed by atoms with Gasteiger partial charge in [-0.2, -0.15) is 5.01 Å². The van der Waals surface area contributed by atoms with Gasteiger partial charge in [0, 0.05) is 17.2 Å². The lowest BCUT2D eigenvalue weighted by Crippen LogP contribution is -2.46. The van der Waals surface area contributed by atoms with Crippen molar-refractivity contribution in [2.45, 2.75) is 0 Å². The quantitative estimate of drug-likeness (QED) is 0.284. The van der Waals surface area contributed by atoms with Crippen molar-refractivity contribution in [3.63, 3.8) is 0 Å². The maximum Gasteiger partial charge on any atom is 0.285 e. The average molecular weight is 484 g/mol. The number of hydrogen-bond acceptors (Lipinski definition) is 7. The normalized spacial score (nSPS) is 14.9. The maximum absolute atomic E-state index is 12.6. The van der Waals surface area contributed by atoms with Gasteiger partial charge in [0.15, 0.2) is 10.9 Å². The minimum Gasteiger partial charge on any atom is -0.482 e. The fourth-order valence-electron chi connectivity index (χ4n) is 2.34. The minimum absolute atomic E-state index is 0.106. The van der Waals surface area contributed by atoms with Gasteiger partial charge in [0.05, 0.1) is 14.9 Å². The second kappa shape index (κ2) is 9.43. The molecule has 30 heavy (non-hydrogen) atoms. The predicted molar refractivity (Wildman–Crippen MR) is 118 cm³/mol. The van der Waals surface area contributed by atoms with Crippen molar-refractivity contribution in [1.82, 2.24) is 10.4 Å². The SMILES string of the molecule is O=C(COc1ccc(Cl)cc1Cl)NN1C(=O)/C(=C\c2cccc([N+](=O)[O-])c2)SC1=S. The Morgan fingerprint density at radius 2 is 2.07 bits per heavy atom. The molecule has 0 spiro atoms. The van der Waals surface area contributed by atoms with Gasteiger partial charge in [-0.25, -0.2) is 0 Å². The highest BCUT2D eigenvalue weighted by Crippen LogP contribution is 2.32. The lowest BCUT2D eigenvalue weighted by Gasteiger charge is -2.16. The number of nitrogens with zero attached hydrogens (tertiary/aromatic N) is 2. The molecule has 1 aliphatic heterocycles. The van der Waals surface area contributed by atoms with Gasteiger partial charge in [-0.05, 0) is 42.1 Å². The number of halogens is 2. The van der Waals surface area contributed by atoms with E-state index in [1.54, 1.807) is 12.1 Å². The standard InChI is InChI=1S/C18H11Cl2N3O5S2/c19-11-4-5-14(13(20)8-11)28-9-16(24)21-22-17(25)15(30-18(22)29)7-10-2-1-3-12(6-10)23(26)27/h1-8H,9H2,(H,21,24)/b15-7+. The van der Waals surface area contributed by atoms with E-state index in [0.717, 1.165) is 16.8 Å². The highest BCUT2D eigenvalue weighted by atomic mass is 35.5. The van der Waals surface area contributed by atoms with Crippen molar-refractivity contribution in [3.05, 3.63) is 73.1 Å². The van der Waals surface area contributed by atoms with Crippen molar-refractivity contribution in [2.24, 2.45) is 0 Å². The molecular weight excluding hydrogens is 473 g/mol. The van der Waals surface area contributed by atoms with E-state index in [9.17, 15) is 19.7 Å². The molecule has 0 radical (unpaired) electrons. The number of thioether (sulfide) groups is 1. The number of rotatable bonds is 6. The molecule has 0 aromatic heterocycles. The highest BCUT2D eigenvalue weighted by Gasteiger charge is 2.33. The van der Waals surface area contributed by atoms with Gasteiger partial charge in [-0.1, -0.05) is 47.1 Å². The van der Waals surface area contributed by atoms with Crippen LogP contribution in [0.4, 0.5) is 5.69 Å². The molecule has 8 nitrogen and oxygen atoms in total. The van der Waals surface area contributed by atoms with Crippen LogP contribution in [0.2, 0.25) is 10.0 Å². The molecule has 12 heteroatoms. The first kappa shape index (κ1) is 22.0. The topological polar surface area (TPSA) is 102 Å². The van der Waals surface area contributed by atoms with Crippen LogP contribution in [0.15, 0.2) is 47.4 Å². The molecule has 0 saturated carbocycles. The van der Waals surface area contributed by atoms with Gasteiger partial charge < -0.3 is 4.74 Å². The Bertz CT molecular complexity index is 1090. The summed E-state index contributed by atoms with van der Waals surface area (Å²) in [5.74, 6) is -0.935. The van der Waals surface area contributed by atoms with Crippen LogP contribution < -0.4 is 10.2 Å². The first-order valence-electron chi connectivity index (χ1n) is 8.14. The van der Waals surface area contributed by atoms with Crippen LogP contribution in [0, 0.1) is 10.1 Å². The fraction of sp³-hybridized carbons (Fsp3) is 0.0556. The van der Waals surface area contributed by atoms with Crippen LogP contribution in [0.1, 0.15) is 5.56 Å². The third-order valence-corrected chi connectivity index (χ3v) is 5.49. The van der Waals surface area contributed by atoms with E-state index in [-0.39, 0.29) is 25.7 Å². The molecule has 1 N–H and O–H groups in total. The van der Waals surface area contributed by atoms with Gasteiger partial charge in [0.2, 0.25) is 0 Å². The van der Waals surface area contributed by atoms with E-state index >= 15 is 0 Å². The zero-order valence-electron chi connectivity index (χ0n) is 14.8. The second-order valence-electron chi connectivity index (χ2n) is 5.77. The highest BCUT2D eigenvalue weighted by molar-refractivity contribution is 8.26. The number of hydrazine groups is 1. The molecule has 1 aliphatic rings. The molecule has 154 valence electrons. The summed E-state index contributed by atoms with van der Waals surface area (Å²) in [4.78, 5) is 35.3. The van der Waals surface area contributed by atoms with Crippen molar-refractivity contribution in [1.29, 1.82) is 0 Å². The van der Waals surface area contributed by atoms with Gasteiger partial charge in [0.25, 0.3) is 17.5 Å². The summed E-state index contributed by atoms with van der Waals surface area (Å²) in [6.07, 6.45) is 1.46. The number of benzene rings is 2. The smallest absolute Gasteiger partial charge is 0.285 e. The molecule has 0 atom stereocenters. The van der Waals surface area contributed by atoms with E-state index in [1.165, 1.54) is 36.4 Å². The summed E-state index contributed by atoms with van der Waals surface area (Å²) < 4.78 is 5.43. The van der Waals surface area contributed by atoms with Crippen LogP contribution in [-0.4, -0.2) is 32.7 Å². The van der Waals surface area contributed by atoms with Crippen LogP contribution in [0.5, 0.6) is 5.75 Å². The molecule has 2 aromatic rings. The van der Waals surface area contributed by atoms with Crippen molar-refractivity contribution >= 4 is 75.1 Å². The number of amides is 2. The number of nitro benzene ring substituents is 1. The first-order valence-corrected chi connectivity index (χ1v) is 10.1. The number of ether oxygens (including phenoxy) is 1. The van der Waals surface area contributed by atoms with E-state index in [2.05, 4.69) is 5.43 Å². The molecule has 0 bridgehead atoms. The Kier molecular flexibility index (Phi) is 6.93. The van der Waals surface area contributed by atoms with Crippen LogP contribution in [0.3, 0.4) is 0 Å². The number of non-ortho nitro benzene ring substituents is 1. The van der Waals surface area contributed by atoms with E-state index in [4.69, 9.17) is 40.2 Å². The first-order chi connectivity index (χ1) is 14.2. The summed E-state index contributed by atoms with van der Waals surface area (Å²) in [5, 5.41) is 12.5. The summed E-state index contributed by atoms with van der Waals surface area (Å²) >= 11 is 17.9. The largest absolute Gasteiger partial charge is 0.482 e. The molecule has 0 aliphatic carbocycles. The lowest BCUT2D eigenvalue weighted by molar-refractivity contribution is -0.384. The van der Waals surface area contributed by atoms with Gasteiger partial charge in [-0.3, -0.25) is 25.1 Å². The second-order valence-corrected chi connectivity index (χ2v) is 8.29. The zero-order valence-corrected chi connectivity index (χ0v) is 18.0. The lowest BCUT2D eigenvalue weighted by atomic mass is 10.2. The molecule has 1 saturated heterocycles. The molecule has 0 unspecified atom stereocenters. The fourth-order valence-corrected chi connectivity index (χ4v) is 3.98. The molecule has 2 amide bonds. The third kappa shape index (κ3) is 5.28. The number of hydrogen-bond donors (Lipinski definition) is 1. The minimum atomic E-state index is -0.631. The Balaban J connectivity index is 1.65. The van der Waals surface area contributed by atoms with Crippen molar-refractivity contribution < 1.29 is 19.2 Å². The van der Waals surface area contributed by atoms with Crippen molar-refractivity contribution in [3.8, 4) is 5.75 Å².